The molecule has 3 aromatic rings. The van der Waals surface area contributed by atoms with Crippen LogP contribution < -0.4 is 19.9 Å². The second-order valence-corrected chi connectivity index (χ2v) is 7.64. The maximum atomic E-state index is 12.6. The number of carbonyl (C=O) groups is 1. The lowest BCUT2D eigenvalue weighted by molar-refractivity contribution is -0.122. The average molecular weight is 418 g/mol. The molecule has 2 heterocycles. The third kappa shape index (κ3) is 5.31. The third-order valence-electron chi connectivity index (χ3n) is 5.30. The van der Waals surface area contributed by atoms with Crippen LogP contribution in [0.1, 0.15) is 12.5 Å². The molecule has 0 spiro atoms. The van der Waals surface area contributed by atoms with E-state index >= 15 is 0 Å². The molecule has 160 valence electrons. The van der Waals surface area contributed by atoms with E-state index in [9.17, 15) is 4.79 Å². The molecule has 0 radical (unpaired) electrons. The Bertz CT molecular complexity index is 1020. The Hall–Kier alpha value is -3.61. The number of rotatable bonds is 6. The first kappa shape index (κ1) is 20.7. The summed E-state index contributed by atoms with van der Waals surface area (Å²) in [5.74, 6) is 1.70. The highest BCUT2D eigenvalue weighted by atomic mass is 16.5. The molecule has 1 N–H and O–H groups in total. The molecule has 7 heteroatoms. The van der Waals surface area contributed by atoms with E-state index in [0.717, 1.165) is 37.6 Å². The van der Waals surface area contributed by atoms with Crippen LogP contribution in [0.2, 0.25) is 0 Å². The summed E-state index contributed by atoms with van der Waals surface area (Å²) in [6, 6.07) is 19.9. The maximum Gasteiger partial charge on any atom is 0.266 e. The van der Waals surface area contributed by atoms with Crippen molar-refractivity contribution in [3.8, 4) is 5.75 Å². The SMILES string of the molecule is Cc1cccc(OC(C)C(=O)Nc2cc(N3CCN(c4ccccc4)CC3)ncn2)c1. The molecule has 7 nitrogen and oxygen atoms in total. The molecule has 0 aliphatic carbocycles. The van der Waals surface area contributed by atoms with Gasteiger partial charge in [0, 0.05) is 37.9 Å². The van der Waals surface area contributed by atoms with Gasteiger partial charge in [-0.1, -0.05) is 30.3 Å². The first-order chi connectivity index (χ1) is 15.1. The van der Waals surface area contributed by atoms with E-state index in [2.05, 4.69) is 49.4 Å². The Labute approximate surface area is 182 Å². The molecule has 1 amide bonds. The zero-order valence-corrected chi connectivity index (χ0v) is 17.9. The zero-order valence-electron chi connectivity index (χ0n) is 17.9. The maximum absolute atomic E-state index is 12.6. The van der Waals surface area contributed by atoms with Crippen LogP contribution in [0.3, 0.4) is 0 Å². The van der Waals surface area contributed by atoms with E-state index in [1.54, 1.807) is 6.92 Å². The minimum atomic E-state index is -0.644. The molecule has 2 aromatic carbocycles. The number of anilines is 3. The third-order valence-corrected chi connectivity index (χ3v) is 5.30. The first-order valence-electron chi connectivity index (χ1n) is 10.5. The monoisotopic (exact) mass is 417 g/mol. The molecule has 1 unspecified atom stereocenters. The molecular weight excluding hydrogens is 390 g/mol. The molecular formula is C24H27N5O2. The molecule has 1 saturated heterocycles. The van der Waals surface area contributed by atoms with Crippen LogP contribution in [-0.2, 0) is 4.79 Å². The summed E-state index contributed by atoms with van der Waals surface area (Å²) in [5, 5.41) is 2.84. The van der Waals surface area contributed by atoms with Crippen LogP contribution in [0.15, 0.2) is 67.0 Å². The van der Waals surface area contributed by atoms with Crippen LogP contribution in [-0.4, -0.2) is 48.2 Å². The molecule has 1 aliphatic heterocycles. The fourth-order valence-electron chi connectivity index (χ4n) is 3.60. The number of aryl methyl sites for hydroxylation is 1. The van der Waals surface area contributed by atoms with Crippen LogP contribution in [0.5, 0.6) is 5.75 Å². The van der Waals surface area contributed by atoms with Crippen molar-refractivity contribution >= 4 is 23.2 Å². The summed E-state index contributed by atoms with van der Waals surface area (Å²) in [6.45, 7) is 7.24. The summed E-state index contributed by atoms with van der Waals surface area (Å²) in [5.41, 5.74) is 2.32. The molecule has 1 atom stereocenters. The van der Waals surface area contributed by atoms with E-state index in [1.807, 2.05) is 43.3 Å². The number of hydrogen-bond acceptors (Lipinski definition) is 6. The van der Waals surface area contributed by atoms with E-state index in [1.165, 1.54) is 12.0 Å². The van der Waals surface area contributed by atoms with Gasteiger partial charge in [0.2, 0.25) is 0 Å². The summed E-state index contributed by atoms with van der Waals surface area (Å²) in [6.07, 6.45) is 0.843. The van der Waals surface area contributed by atoms with Crippen molar-refractivity contribution in [3.63, 3.8) is 0 Å². The van der Waals surface area contributed by atoms with Crippen molar-refractivity contribution in [1.82, 2.24) is 9.97 Å². The number of amides is 1. The lowest BCUT2D eigenvalue weighted by Crippen LogP contribution is -2.46. The van der Waals surface area contributed by atoms with E-state index in [-0.39, 0.29) is 5.91 Å². The van der Waals surface area contributed by atoms with Crippen molar-refractivity contribution in [2.24, 2.45) is 0 Å². The van der Waals surface area contributed by atoms with Crippen LogP contribution >= 0.6 is 0 Å². The normalized spacial score (nSPS) is 14.8. The summed E-state index contributed by atoms with van der Waals surface area (Å²) in [7, 11) is 0. The summed E-state index contributed by atoms with van der Waals surface area (Å²) < 4.78 is 5.76. The molecule has 0 saturated carbocycles. The molecule has 1 aromatic heterocycles. The van der Waals surface area contributed by atoms with Gasteiger partial charge in [0.25, 0.3) is 5.91 Å². The van der Waals surface area contributed by atoms with Gasteiger partial charge >= 0.3 is 0 Å². The quantitative estimate of drug-likeness (QED) is 0.662. The Morgan fingerprint density at radius 1 is 0.968 bits per heavy atom. The van der Waals surface area contributed by atoms with E-state index in [4.69, 9.17) is 4.74 Å². The van der Waals surface area contributed by atoms with Crippen LogP contribution in [0.4, 0.5) is 17.3 Å². The molecule has 4 rings (SSSR count). The van der Waals surface area contributed by atoms with Gasteiger partial charge < -0.3 is 19.9 Å². The van der Waals surface area contributed by atoms with Gasteiger partial charge in [-0.05, 0) is 43.7 Å². The van der Waals surface area contributed by atoms with Gasteiger partial charge in [-0.25, -0.2) is 9.97 Å². The average Bonchev–Trinajstić information content (AvgIpc) is 2.80. The van der Waals surface area contributed by atoms with Crippen LogP contribution in [0.25, 0.3) is 0 Å². The molecule has 1 aliphatic rings. The van der Waals surface area contributed by atoms with Crippen molar-refractivity contribution in [1.29, 1.82) is 0 Å². The summed E-state index contributed by atoms with van der Waals surface area (Å²) >= 11 is 0. The standard InChI is InChI=1S/C24H27N5O2/c1-18-7-6-10-21(15-18)31-19(2)24(30)27-22-16-23(26-17-25-22)29-13-11-28(12-14-29)20-8-4-3-5-9-20/h3-10,15-17,19H,11-14H2,1-2H3,(H,25,26,27,30). The van der Waals surface area contributed by atoms with E-state index in [0.29, 0.717) is 11.6 Å². The lowest BCUT2D eigenvalue weighted by atomic mass is 10.2. The molecule has 31 heavy (non-hydrogen) atoms. The smallest absolute Gasteiger partial charge is 0.266 e. The Balaban J connectivity index is 1.34. The minimum Gasteiger partial charge on any atom is -0.481 e. The highest BCUT2D eigenvalue weighted by molar-refractivity contribution is 5.93. The Kier molecular flexibility index (Phi) is 6.31. The van der Waals surface area contributed by atoms with Gasteiger partial charge in [0.1, 0.15) is 23.7 Å². The van der Waals surface area contributed by atoms with Gasteiger partial charge in [0.05, 0.1) is 0 Å². The van der Waals surface area contributed by atoms with Crippen molar-refractivity contribution in [2.75, 3.05) is 41.3 Å². The zero-order chi connectivity index (χ0) is 21.6. The number of hydrogen-bond donors (Lipinski definition) is 1. The number of ether oxygens (including phenoxy) is 1. The highest BCUT2D eigenvalue weighted by Gasteiger charge is 2.20. The molecule has 1 fully saturated rings. The predicted molar refractivity (Wildman–Crippen MR) is 123 cm³/mol. The number of piperazine rings is 1. The summed E-state index contributed by atoms with van der Waals surface area (Å²) in [4.78, 5) is 25.8. The Morgan fingerprint density at radius 2 is 1.71 bits per heavy atom. The van der Waals surface area contributed by atoms with Gasteiger partial charge in [0.15, 0.2) is 6.10 Å². The topological polar surface area (TPSA) is 70.6 Å². The predicted octanol–water partition coefficient (Wildman–Crippen LogP) is 3.52. The fraction of sp³-hybridized carbons (Fsp3) is 0.292. The van der Waals surface area contributed by atoms with Gasteiger partial charge in [-0.2, -0.15) is 0 Å². The van der Waals surface area contributed by atoms with Gasteiger partial charge in [-0.3, -0.25) is 4.79 Å². The number of aromatic nitrogens is 2. The number of para-hydroxylation sites is 1. The number of nitrogens with one attached hydrogen (secondary N) is 1. The minimum absolute atomic E-state index is 0.250. The van der Waals surface area contributed by atoms with Crippen molar-refractivity contribution in [2.45, 2.75) is 20.0 Å². The molecule has 0 bridgehead atoms. The Morgan fingerprint density at radius 3 is 2.45 bits per heavy atom. The van der Waals surface area contributed by atoms with Gasteiger partial charge in [-0.15, -0.1) is 0 Å². The second kappa shape index (κ2) is 9.47. The largest absolute Gasteiger partial charge is 0.481 e. The number of benzene rings is 2. The first-order valence-corrected chi connectivity index (χ1v) is 10.5. The number of nitrogens with zero attached hydrogens (tertiary/aromatic N) is 4. The van der Waals surface area contributed by atoms with E-state index < -0.39 is 6.10 Å². The van der Waals surface area contributed by atoms with Crippen LogP contribution in [0, 0.1) is 6.92 Å². The highest BCUT2D eigenvalue weighted by Crippen LogP contribution is 2.20. The second-order valence-electron chi connectivity index (χ2n) is 7.64. The van der Waals surface area contributed by atoms with Crippen molar-refractivity contribution < 1.29 is 9.53 Å². The fourth-order valence-corrected chi connectivity index (χ4v) is 3.60. The van der Waals surface area contributed by atoms with Crippen molar-refractivity contribution in [3.05, 3.63) is 72.6 Å². The lowest BCUT2D eigenvalue weighted by Gasteiger charge is -2.36. The number of carbonyl (C=O) groups excluding carboxylic acids is 1.